The lowest BCUT2D eigenvalue weighted by atomic mass is 9.44. The van der Waals surface area contributed by atoms with E-state index in [1.807, 2.05) is 6.20 Å². The van der Waals surface area contributed by atoms with Gasteiger partial charge in [-0.1, -0.05) is 87.0 Å². The zero-order valence-corrected chi connectivity index (χ0v) is 27.3. The zero-order chi connectivity index (χ0) is 31.5. The summed E-state index contributed by atoms with van der Waals surface area (Å²) < 4.78 is 2.60. The summed E-state index contributed by atoms with van der Waals surface area (Å²) in [6.07, 6.45) is 2.02. The fraction of sp³-hybridized carbons (Fsp3) is 0.167. The number of benzene rings is 5. The minimum Gasteiger partial charge on any atom is -0.374 e. The first-order chi connectivity index (χ1) is 22.2. The van der Waals surface area contributed by atoms with Crippen molar-refractivity contribution in [2.24, 2.45) is 0 Å². The van der Waals surface area contributed by atoms with E-state index < -0.39 is 0 Å². The number of anilines is 3. The minimum atomic E-state index is -0.0604. The number of fused-ring (bicyclic) bond motifs is 7. The third-order valence-electron chi connectivity index (χ3n) is 10.2. The number of rotatable bonds is 2. The third kappa shape index (κ3) is 3.64. The van der Waals surface area contributed by atoms with Crippen LogP contribution in [-0.4, -0.2) is 16.3 Å². The molecule has 0 saturated carbocycles. The van der Waals surface area contributed by atoms with Crippen molar-refractivity contribution in [2.75, 3.05) is 4.90 Å². The van der Waals surface area contributed by atoms with E-state index >= 15 is 0 Å². The van der Waals surface area contributed by atoms with Crippen molar-refractivity contribution >= 4 is 56.6 Å². The first kappa shape index (κ1) is 27.2. The molecule has 0 fully saturated rings. The van der Waals surface area contributed by atoms with Gasteiger partial charge >= 0.3 is 6.85 Å². The molecule has 0 spiro atoms. The lowest BCUT2D eigenvalue weighted by Crippen LogP contribution is -2.57. The van der Waals surface area contributed by atoms with Crippen molar-refractivity contribution in [2.45, 2.75) is 47.0 Å². The fourth-order valence-electron chi connectivity index (χ4n) is 8.53. The highest BCUT2D eigenvalue weighted by Gasteiger charge is 2.44. The van der Waals surface area contributed by atoms with E-state index in [9.17, 15) is 0 Å². The Bertz CT molecular complexity index is 2370. The average Bonchev–Trinajstić information content (AvgIpc) is 3.36. The molecule has 5 aromatic carbocycles. The summed E-state index contributed by atoms with van der Waals surface area (Å²) in [4.78, 5) is 7.67. The molecule has 4 heteroatoms. The lowest BCUT2D eigenvalue weighted by Gasteiger charge is -2.41. The van der Waals surface area contributed by atoms with Gasteiger partial charge in [0.25, 0.3) is 0 Å². The number of aryl methyl sites for hydroxylation is 3. The van der Waals surface area contributed by atoms with Gasteiger partial charge in [0, 0.05) is 45.1 Å². The van der Waals surface area contributed by atoms with Gasteiger partial charge in [-0.05, 0) is 107 Å². The monoisotopic (exact) mass is 593 g/mol. The number of hydrogen-bond acceptors (Lipinski definition) is 2. The van der Waals surface area contributed by atoms with Crippen LogP contribution in [0.1, 0.15) is 43.0 Å². The standard InChI is InChI=1S/C42H36BN3/c1-25-22-26(2)37(27(3)23-25)28-16-18-34-31(24-28)30-20-21-44-40-38-32(42(4,5)6)17-19-36-39(38)43(46(34)41(30)40)33-14-10-11-15-35(33)45(36)29-12-8-7-9-13-29/h7-24H,1-6H3. The molecule has 2 aliphatic rings. The Balaban J connectivity index is 1.42. The summed E-state index contributed by atoms with van der Waals surface area (Å²) in [6, 6.07) is 38.4. The maximum absolute atomic E-state index is 5.22. The molecule has 0 saturated heterocycles. The molecule has 7 aromatic rings. The van der Waals surface area contributed by atoms with Crippen molar-refractivity contribution in [3.63, 3.8) is 0 Å². The topological polar surface area (TPSA) is 21.1 Å². The number of aromatic nitrogens is 2. The van der Waals surface area contributed by atoms with E-state index in [1.165, 1.54) is 88.7 Å². The first-order valence-corrected chi connectivity index (χ1v) is 16.3. The van der Waals surface area contributed by atoms with E-state index in [-0.39, 0.29) is 12.3 Å². The number of hydrogen-bond donors (Lipinski definition) is 0. The molecule has 222 valence electrons. The zero-order valence-electron chi connectivity index (χ0n) is 27.3. The molecule has 0 amide bonds. The molecule has 0 N–H and O–H groups in total. The van der Waals surface area contributed by atoms with E-state index in [2.05, 4.69) is 154 Å². The van der Waals surface area contributed by atoms with Crippen LogP contribution in [0.3, 0.4) is 0 Å². The van der Waals surface area contributed by atoms with Gasteiger partial charge in [-0.25, -0.2) is 0 Å². The summed E-state index contributed by atoms with van der Waals surface area (Å²) in [5.41, 5.74) is 19.0. The highest BCUT2D eigenvalue weighted by atomic mass is 15.2. The second kappa shape index (κ2) is 9.46. The smallest absolute Gasteiger partial charge is 0.333 e. The van der Waals surface area contributed by atoms with Crippen LogP contribution in [-0.2, 0) is 5.41 Å². The lowest BCUT2D eigenvalue weighted by molar-refractivity contribution is 0.592. The second-order valence-electron chi connectivity index (χ2n) is 14.2. The molecule has 3 nitrogen and oxygen atoms in total. The summed E-state index contributed by atoms with van der Waals surface area (Å²) in [6.45, 7) is 13.7. The number of para-hydroxylation sites is 2. The highest BCUT2D eigenvalue weighted by molar-refractivity contribution is 6.90. The van der Waals surface area contributed by atoms with Crippen molar-refractivity contribution in [3.05, 3.63) is 132 Å². The van der Waals surface area contributed by atoms with E-state index in [1.54, 1.807) is 0 Å². The van der Waals surface area contributed by atoms with Gasteiger partial charge in [-0.15, -0.1) is 0 Å². The summed E-state index contributed by atoms with van der Waals surface area (Å²) >= 11 is 0. The molecule has 0 bridgehead atoms. The molecule has 2 aromatic heterocycles. The van der Waals surface area contributed by atoms with Crippen LogP contribution in [0.2, 0.25) is 0 Å². The van der Waals surface area contributed by atoms with Gasteiger partial charge in [0.1, 0.15) is 0 Å². The van der Waals surface area contributed by atoms with Crippen molar-refractivity contribution in [1.82, 2.24) is 9.46 Å². The Hall–Kier alpha value is -5.09. The Morgan fingerprint density at radius 2 is 1.41 bits per heavy atom. The molecule has 0 aliphatic carbocycles. The molecule has 0 atom stereocenters. The summed E-state index contributed by atoms with van der Waals surface area (Å²) in [5.74, 6) is 0. The quantitative estimate of drug-likeness (QED) is 0.186. The molecule has 0 unspecified atom stereocenters. The number of nitrogens with zero attached hydrogens (tertiary/aromatic N) is 3. The Morgan fingerprint density at radius 1 is 0.674 bits per heavy atom. The predicted octanol–water partition coefficient (Wildman–Crippen LogP) is 9.50. The predicted molar refractivity (Wildman–Crippen MR) is 196 cm³/mol. The summed E-state index contributed by atoms with van der Waals surface area (Å²) in [7, 11) is 0. The normalized spacial score (nSPS) is 13.3. The number of pyridine rings is 1. The molecule has 0 radical (unpaired) electrons. The molecular formula is C42H36BN3. The SMILES string of the molecule is Cc1cc(C)c(-c2ccc3c(c2)c2ccnc4c2n3B2c3ccccc3N(c3ccccc3)c3ccc(C(C)(C)C)c-4c32)c(C)c1. The van der Waals surface area contributed by atoms with Crippen LogP contribution in [0.25, 0.3) is 44.2 Å². The average molecular weight is 594 g/mol. The molecule has 9 rings (SSSR count). The molecule has 2 aliphatic heterocycles. The molecule has 46 heavy (non-hydrogen) atoms. The summed E-state index contributed by atoms with van der Waals surface area (Å²) in [5, 5.41) is 2.55. The van der Waals surface area contributed by atoms with E-state index in [0.29, 0.717) is 0 Å². The first-order valence-electron chi connectivity index (χ1n) is 16.3. The van der Waals surface area contributed by atoms with Gasteiger partial charge in [0.2, 0.25) is 0 Å². The van der Waals surface area contributed by atoms with Crippen molar-refractivity contribution in [3.8, 4) is 22.4 Å². The van der Waals surface area contributed by atoms with E-state index in [4.69, 9.17) is 4.98 Å². The third-order valence-corrected chi connectivity index (χ3v) is 10.2. The maximum atomic E-state index is 5.22. The second-order valence-corrected chi connectivity index (χ2v) is 14.2. The van der Waals surface area contributed by atoms with Crippen LogP contribution in [0.5, 0.6) is 0 Å². The van der Waals surface area contributed by atoms with Crippen LogP contribution >= 0.6 is 0 Å². The largest absolute Gasteiger partial charge is 0.374 e. The van der Waals surface area contributed by atoms with Crippen LogP contribution in [0, 0.1) is 20.8 Å². The van der Waals surface area contributed by atoms with Crippen LogP contribution in [0.15, 0.2) is 109 Å². The van der Waals surface area contributed by atoms with Crippen LogP contribution in [0.4, 0.5) is 17.1 Å². The van der Waals surface area contributed by atoms with Gasteiger partial charge in [-0.3, -0.25) is 4.98 Å². The van der Waals surface area contributed by atoms with Gasteiger partial charge < -0.3 is 9.38 Å². The van der Waals surface area contributed by atoms with E-state index in [0.717, 1.165) is 5.69 Å². The molecule has 4 heterocycles. The van der Waals surface area contributed by atoms with Gasteiger partial charge in [-0.2, -0.15) is 0 Å². The van der Waals surface area contributed by atoms with Crippen LogP contribution < -0.4 is 15.8 Å². The minimum absolute atomic E-state index is 0.0221. The van der Waals surface area contributed by atoms with Gasteiger partial charge in [0.15, 0.2) is 0 Å². The Morgan fingerprint density at radius 3 is 2.17 bits per heavy atom. The van der Waals surface area contributed by atoms with Gasteiger partial charge in [0.05, 0.1) is 11.2 Å². The fourth-order valence-corrected chi connectivity index (χ4v) is 8.53. The molecular weight excluding hydrogens is 557 g/mol. The van der Waals surface area contributed by atoms with Crippen molar-refractivity contribution < 1.29 is 0 Å². The Labute approximate surface area is 271 Å². The maximum Gasteiger partial charge on any atom is 0.333 e. The van der Waals surface area contributed by atoms with Crippen molar-refractivity contribution in [1.29, 1.82) is 0 Å². The Kier molecular flexibility index (Phi) is 5.61. The highest BCUT2D eigenvalue weighted by Crippen LogP contribution is 2.47.